The van der Waals surface area contributed by atoms with E-state index in [1.165, 1.54) is 12.1 Å². The Morgan fingerprint density at radius 1 is 1.12 bits per heavy atom. The zero-order valence-electron chi connectivity index (χ0n) is 8.32. The first-order chi connectivity index (χ1) is 7.75. The molecule has 0 radical (unpaired) electrons. The van der Waals surface area contributed by atoms with Crippen molar-refractivity contribution in [2.24, 2.45) is 0 Å². The first-order valence-electron chi connectivity index (χ1n) is 4.70. The van der Waals surface area contributed by atoms with Gasteiger partial charge in [-0.05, 0) is 12.1 Å². The summed E-state index contributed by atoms with van der Waals surface area (Å²) >= 11 is 0. The third kappa shape index (κ3) is 2.50. The van der Waals surface area contributed by atoms with Crippen molar-refractivity contribution < 1.29 is 8.78 Å². The van der Waals surface area contributed by atoms with E-state index >= 15 is 0 Å². The standard InChI is InChI=1S/C11H9F2N3/c12-9-3-2-8(10(13)6-9)7-16-11-14-4-1-5-15-11/h1-6H,7H2,(H,14,15,16). The molecule has 16 heavy (non-hydrogen) atoms. The predicted molar refractivity (Wildman–Crippen MR) is 55.7 cm³/mol. The maximum atomic E-state index is 13.2. The minimum atomic E-state index is -0.586. The Hall–Kier alpha value is -2.04. The number of halogens is 2. The van der Waals surface area contributed by atoms with Crippen LogP contribution in [0.3, 0.4) is 0 Å². The van der Waals surface area contributed by atoms with Gasteiger partial charge in [-0.2, -0.15) is 0 Å². The molecule has 0 saturated heterocycles. The Morgan fingerprint density at radius 2 is 1.88 bits per heavy atom. The minimum absolute atomic E-state index is 0.218. The van der Waals surface area contributed by atoms with Crippen molar-refractivity contribution in [1.82, 2.24) is 9.97 Å². The van der Waals surface area contributed by atoms with Gasteiger partial charge in [0.25, 0.3) is 0 Å². The van der Waals surface area contributed by atoms with E-state index in [4.69, 9.17) is 0 Å². The molecule has 1 N–H and O–H groups in total. The van der Waals surface area contributed by atoms with Crippen LogP contribution in [0.2, 0.25) is 0 Å². The van der Waals surface area contributed by atoms with Crippen LogP contribution in [0.25, 0.3) is 0 Å². The second kappa shape index (κ2) is 4.65. The van der Waals surface area contributed by atoms with Crippen molar-refractivity contribution in [3.05, 3.63) is 53.9 Å². The SMILES string of the molecule is Fc1ccc(CNc2ncccn2)c(F)c1. The number of nitrogens with zero attached hydrogens (tertiary/aromatic N) is 2. The second-order valence-corrected chi connectivity index (χ2v) is 3.16. The Balaban J connectivity index is 2.05. The lowest BCUT2D eigenvalue weighted by atomic mass is 10.2. The van der Waals surface area contributed by atoms with Gasteiger partial charge in [0.05, 0.1) is 0 Å². The van der Waals surface area contributed by atoms with Gasteiger partial charge in [0.1, 0.15) is 11.6 Å². The lowest BCUT2D eigenvalue weighted by Gasteiger charge is -2.05. The molecule has 0 bridgehead atoms. The Kier molecular flexibility index (Phi) is 3.05. The molecule has 0 aliphatic carbocycles. The Labute approximate surface area is 91.2 Å². The molecular weight excluding hydrogens is 212 g/mol. The maximum absolute atomic E-state index is 13.2. The molecule has 0 saturated carbocycles. The van der Waals surface area contributed by atoms with Crippen LogP contribution in [0.15, 0.2) is 36.7 Å². The van der Waals surface area contributed by atoms with Crippen molar-refractivity contribution in [3.63, 3.8) is 0 Å². The van der Waals surface area contributed by atoms with Gasteiger partial charge in [-0.1, -0.05) is 6.07 Å². The second-order valence-electron chi connectivity index (χ2n) is 3.16. The molecule has 1 aromatic carbocycles. The van der Waals surface area contributed by atoms with Crippen LogP contribution >= 0.6 is 0 Å². The van der Waals surface area contributed by atoms with Crippen LogP contribution in [0.5, 0.6) is 0 Å². The smallest absolute Gasteiger partial charge is 0.222 e. The van der Waals surface area contributed by atoms with Crippen LogP contribution in [0.1, 0.15) is 5.56 Å². The zero-order chi connectivity index (χ0) is 11.4. The molecule has 0 aliphatic heterocycles. The monoisotopic (exact) mass is 221 g/mol. The van der Waals surface area contributed by atoms with E-state index in [-0.39, 0.29) is 6.54 Å². The van der Waals surface area contributed by atoms with Gasteiger partial charge >= 0.3 is 0 Å². The number of benzene rings is 1. The summed E-state index contributed by atoms with van der Waals surface area (Å²) in [6, 6.07) is 5.14. The van der Waals surface area contributed by atoms with Crippen molar-refractivity contribution >= 4 is 5.95 Å². The van der Waals surface area contributed by atoms with Crippen LogP contribution in [0.4, 0.5) is 14.7 Å². The van der Waals surface area contributed by atoms with Gasteiger partial charge in [-0.25, -0.2) is 18.7 Å². The third-order valence-electron chi connectivity index (χ3n) is 2.02. The molecule has 1 aromatic heterocycles. The Morgan fingerprint density at radius 3 is 2.56 bits per heavy atom. The van der Waals surface area contributed by atoms with Crippen LogP contribution in [-0.2, 0) is 6.54 Å². The molecule has 82 valence electrons. The van der Waals surface area contributed by atoms with Crippen molar-refractivity contribution in [2.75, 3.05) is 5.32 Å². The molecule has 5 heteroatoms. The zero-order valence-corrected chi connectivity index (χ0v) is 8.32. The molecule has 3 nitrogen and oxygen atoms in total. The molecule has 0 amide bonds. The summed E-state index contributed by atoms with van der Waals surface area (Å²) in [7, 11) is 0. The van der Waals surface area contributed by atoms with Gasteiger partial charge in [0.2, 0.25) is 5.95 Å². The average molecular weight is 221 g/mol. The molecule has 2 rings (SSSR count). The maximum Gasteiger partial charge on any atom is 0.222 e. The summed E-state index contributed by atoms with van der Waals surface area (Å²) in [4.78, 5) is 7.84. The van der Waals surface area contributed by atoms with E-state index in [0.29, 0.717) is 11.5 Å². The Bertz CT molecular complexity index is 474. The topological polar surface area (TPSA) is 37.8 Å². The summed E-state index contributed by atoms with van der Waals surface area (Å²) in [6.45, 7) is 0.218. The van der Waals surface area contributed by atoms with Gasteiger partial charge in [0, 0.05) is 30.6 Å². The highest BCUT2D eigenvalue weighted by atomic mass is 19.1. The molecule has 0 aliphatic rings. The first kappa shape index (κ1) is 10.5. The summed E-state index contributed by atoms with van der Waals surface area (Å²) in [6.07, 6.45) is 3.16. The average Bonchev–Trinajstić information content (AvgIpc) is 2.29. The lowest BCUT2D eigenvalue weighted by Crippen LogP contribution is -2.04. The normalized spacial score (nSPS) is 10.1. The molecule has 0 unspecified atom stereocenters. The summed E-state index contributed by atoms with van der Waals surface area (Å²) in [5, 5.41) is 2.84. The first-order valence-corrected chi connectivity index (χ1v) is 4.70. The predicted octanol–water partition coefficient (Wildman–Crippen LogP) is 2.37. The van der Waals surface area contributed by atoms with Crippen LogP contribution < -0.4 is 5.32 Å². The van der Waals surface area contributed by atoms with Crippen LogP contribution in [-0.4, -0.2) is 9.97 Å². The molecule has 0 fully saturated rings. The minimum Gasteiger partial charge on any atom is -0.350 e. The van der Waals surface area contributed by atoms with E-state index in [9.17, 15) is 8.78 Å². The van der Waals surface area contributed by atoms with E-state index in [0.717, 1.165) is 6.07 Å². The fourth-order valence-electron chi connectivity index (χ4n) is 1.23. The largest absolute Gasteiger partial charge is 0.350 e. The van der Waals surface area contributed by atoms with Crippen molar-refractivity contribution in [1.29, 1.82) is 0 Å². The number of anilines is 1. The molecule has 0 atom stereocenters. The number of rotatable bonds is 3. The molecule has 0 spiro atoms. The fraction of sp³-hybridized carbons (Fsp3) is 0.0909. The summed E-state index contributed by atoms with van der Waals surface area (Å²) in [5.41, 5.74) is 0.369. The highest BCUT2D eigenvalue weighted by molar-refractivity contribution is 5.27. The van der Waals surface area contributed by atoms with Crippen LogP contribution in [0, 0.1) is 11.6 Å². The molecule has 2 aromatic rings. The number of hydrogen-bond donors (Lipinski definition) is 1. The highest BCUT2D eigenvalue weighted by Gasteiger charge is 2.03. The highest BCUT2D eigenvalue weighted by Crippen LogP contribution is 2.10. The number of nitrogens with one attached hydrogen (secondary N) is 1. The lowest BCUT2D eigenvalue weighted by molar-refractivity contribution is 0.574. The van der Waals surface area contributed by atoms with E-state index < -0.39 is 11.6 Å². The third-order valence-corrected chi connectivity index (χ3v) is 2.02. The van der Waals surface area contributed by atoms with E-state index in [2.05, 4.69) is 15.3 Å². The van der Waals surface area contributed by atoms with Crippen molar-refractivity contribution in [3.8, 4) is 0 Å². The van der Waals surface area contributed by atoms with Gasteiger partial charge in [-0.3, -0.25) is 0 Å². The molecular formula is C11H9F2N3. The number of hydrogen-bond acceptors (Lipinski definition) is 3. The summed E-state index contributed by atoms with van der Waals surface area (Å²) in [5.74, 6) is -0.758. The quantitative estimate of drug-likeness (QED) is 0.864. The van der Waals surface area contributed by atoms with E-state index in [1.54, 1.807) is 18.5 Å². The van der Waals surface area contributed by atoms with Gasteiger partial charge < -0.3 is 5.32 Å². The number of aromatic nitrogens is 2. The van der Waals surface area contributed by atoms with Gasteiger partial charge in [-0.15, -0.1) is 0 Å². The van der Waals surface area contributed by atoms with Gasteiger partial charge in [0.15, 0.2) is 0 Å². The fourth-order valence-corrected chi connectivity index (χ4v) is 1.23. The van der Waals surface area contributed by atoms with Crippen molar-refractivity contribution in [2.45, 2.75) is 6.54 Å². The summed E-state index contributed by atoms with van der Waals surface area (Å²) < 4.78 is 25.9. The van der Waals surface area contributed by atoms with E-state index in [1.807, 2.05) is 0 Å². The molecule has 1 heterocycles.